The Bertz CT molecular complexity index is 1090. The fourth-order valence-electron chi connectivity index (χ4n) is 3.98. The summed E-state index contributed by atoms with van der Waals surface area (Å²) in [5.41, 5.74) is 2.18. The molecule has 3 nitrogen and oxygen atoms in total. The molecular formula is C28H35F6N3. The first kappa shape index (κ1) is 30.4. The van der Waals surface area contributed by atoms with E-state index in [0.29, 0.717) is 22.3 Å². The Morgan fingerprint density at radius 3 is 1.32 bits per heavy atom. The number of aliphatic imine (C=N–C) groups is 2. The highest BCUT2D eigenvalue weighted by Crippen LogP contribution is 2.37. The van der Waals surface area contributed by atoms with Gasteiger partial charge in [0.05, 0.1) is 5.69 Å². The lowest BCUT2D eigenvalue weighted by Gasteiger charge is -2.23. The third kappa shape index (κ3) is 7.58. The van der Waals surface area contributed by atoms with E-state index >= 15 is 0 Å². The van der Waals surface area contributed by atoms with Crippen LogP contribution >= 0.6 is 0 Å². The van der Waals surface area contributed by atoms with E-state index in [-0.39, 0.29) is 35.0 Å². The van der Waals surface area contributed by atoms with E-state index in [1.165, 1.54) is 0 Å². The van der Waals surface area contributed by atoms with Gasteiger partial charge in [0.2, 0.25) is 11.7 Å². The summed E-state index contributed by atoms with van der Waals surface area (Å²) in [6.45, 7) is 14.3. The first-order chi connectivity index (χ1) is 16.9. The Kier molecular flexibility index (Phi) is 9.60. The molecule has 0 aliphatic heterocycles. The number of hydrogen-bond acceptors (Lipinski definition) is 1. The van der Waals surface area contributed by atoms with Gasteiger partial charge in [-0.05, 0) is 45.9 Å². The van der Waals surface area contributed by atoms with Crippen LogP contribution in [0.3, 0.4) is 0 Å². The van der Waals surface area contributed by atoms with Crippen LogP contribution in [-0.2, 0) is 0 Å². The Labute approximate surface area is 215 Å². The molecule has 0 aromatic heterocycles. The maximum absolute atomic E-state index is 14.2. The lowest BCUT2D eigenvalue weighted by Crippen LogP contribution is -2.35. The highest BCUT2D eigenvalue weighted by atomic mass is 19.4. The monoisotopic (exact) mass is 527 g/mol. The quantitative estimate of drug-likeness (QED) is 0.227. The van der Waals surface area contributed by atoms with E-state index in [9.17, 15) is 26.3 Å². The molecule has 2 aromatic rings. The highest BCUT2D eigenvalue weighted by molar-refractivity contribution is 6.09. The molecule has 0 saturated heterocycles. The summed E-state index contributed by atoms with van der Waals surface area (Å²) < 4.78 is 84.9. The zero-order valence-electron chi connectivity index (χ0n) is 22.4. The number of benzene rings is 2. The van der Waals surface area contributed by atoms with E-state index in [1.807, 2.05) is 0 Å². The van der Waals surface area contributed by atoms with Crippen molar-refractivity contribution in [1.82, 2.24) is 0 Å². The SMILES string of the molecule is CC(C)c1cccc(C(C)C)c1N=C(N=C(Nc1c(C(C)C)cccc1C(C)C)C(F)(F)F)C(F)(F)F. The van der Waals surface area contributed by atoms with Gasteiger partial charge in [0.1, 0.15) is 0 Å². The van der Waals surface area contributed by atoms with Crippen LogP contribution in [0.15, 0.2) is 46.4 Å². The molecule has 0 aliphatic carbocycles. The van der Waals surface area contributed by atoms with Crippen LogP contribution in [0.2, 0.25) is 0 Å². The van der Waals surface area contributed by atoms with Gasteiger partial charge in [0.25, 0.3) is 0 Å². The second-order valence-corrected chi connectivity index (χ2v) is 10.2. The van der Waals surface area contributed by atoms with Crippen molar-refractivity contribution in [2.45, 2.75) is 91.4 Å². The molecule has 204 valence electrons. The van der Waals surface area contributed by atoms with Crippen molar-refractivity contribution >= 4 is 23.0 Å². The average molecular weight is 528 g/mol. The fourth-order valence-corrected chi connectivity index (χ4v) is 3.98. The molecule has 2 aromatic carbocycles. The predicted molar refractivity (Wildman–Crippen MR) is 140 cm³/mol. The fraction of sp³-hybridized carbons (Fsp3) is 0.500. The molecule has 0 amide bonds. The predicted octanol–water partition coefficient (Wildman–Crippen LogP) is 9.85. The number of nitrogens with one attached hydrogen (secondary N) is 1. The van der Waals surface area contributed by atoms with Crippen LogP contribution in [0, 0.1) is 0 Å². The number of rotatable bonds is 6. The number of para-hydroxylation sites is 2. The molecule has 0 atom stereocenters. The largest absolute Gasteiger partial charge is 0.451 e. The third-order valence-corrected chi connectivity index (χ3v) is 5.92. The molecule has 0 bridgehead atoms. The number of alkyl halides is 6. The smallest absolute Gasteiger partial charge is 0.336 e. The number of amidine groups is 2. The van der Waals surface area contributed by atoms with Gasteiger partial charge in [0, 0.05) is 5.69 Å². The molecule has 37 heavy (non-hydrogen) atoms. The van der Waals surface area contributed by atoms with Gasteiger partial charge in [-0.15, -0.1) is 0 Å². The van der Waals surface area contributed by atoms with Gasteiger partial charge in [-0.1, -0.05) is 91.8 Å². The molecule has 9 heteroatoms. The van der Waals surface area contributed by atoms with Crippen molar-refractivity contribution in [3.05, 3.63) is 58.7 Å². The summed E-state index contributed by atoms with van der Waals surface area (Å²) in [7, 11) is 0. The van der Waals surface area contributed by atoms with Crippen molar-refractivity contribution in [2.24, 2.45) is 9.98 Å². The molecule has 0 aliphatic rings. The first-order valence-corrected chi connectivity index (χ1v) is 12.3. The summed E-state index contributed by atoms with van der Waals surface area (Å²) in [6.07, 6.45) is -10.4. The minimum absolute atomic E-state index is 0.00412. The Hall–Kier alpha value is -2.84. The number of anilines is 1. The number of nitrogens with zero attached hydrogens (tertiary/aromatic N) is 2. The second-order valence-electron chi connectivity index (χ2n) is 10.2. The number of hydrogen-bond donors (Lipinski definition) is 1. The van der Waals surface area contributed by atoms with Gasteiger partial charge in [-0.25, -0.2) is 9.98 Å². The summed E-state index contributed by atoms with van der Waals surface area (Å²) in [4.78, 5) is 6.86. The molecule has 0 fully saturated rings. The van der Waals surface area contributed by atoms with E-state index in [2.05, 4.69) is 15.3 Å². The Balaban J connectivity index is 2.86. The van der Waals surface area contributed by atoms with Crippen LogP contribution in [-0.4, -0.2) is 24.0 Å². The van der Waals surface area contributed by atoms with Crippen LogP contribution in [0.4, 0.5) is 37.7 Å². The van der Waals surface area contributed by atoms with Crippen LogP contribution in [0.1, 0.15) is 101 Å². The van der Waals surface area contributed by atoms with Crippen LogP contribution in [0.5, 0.6) is 0 Å². The molecular weight excluding hydrogens is 492 g/mol. The molecule has 0 saturated carbocycles. The summed E-state index contributed by atoms with van der Waals surface area (Å²) in [5.74, 6) is -4.41. The van der Waals surface area contributed by atoms with Gasteiger partial charge < -0.3 is 5.32 Å². The topological polar surface area (TPSA) is 36.8 Å². The minimum Gasteiger partial charge on any atom is -0.336 e. The molecule has 0 spiro atoms. The van der Waals surface area contributed by atoms with Crippen molar-refractivity contribution in [3.63, 3.8) is 0 Å². The zero-order chi connectivity index (χ0) is 28.3. The van der Waals surface area contributed by atoms with E-state index in [0.717, 1.165) is 0 Å². The van der Waals surface area contributed by atoms with Crippen LogP contribution in [0.25, 0.3) is 0 Å². The van der Waals surface area contributed by atoms with Crippen molar-refractivity contribution in [1.29, 1.82) is 0 Å². The van der Waals surface area contributed by atoms with Gasteiger partial charge in [0.15, 0.2) is 0 Å². The van der Waals surface area contributed by atoms with Gasteiger partial charge in [-0.2, -0.15) is 26.3 Å². The van der Waals surface area contributed by atoms with Crippen molar-refractivity contribution in [2.75, 3.05) is 5.32 Å². The zero-order valence-corrected chi connectivity index (χ0v) is 22.4. The molecule has 1 N–H and O–H groups in total. The normalized spacial score (nSPS) is 13.9. The lowest BCUT2D eigenvalue weighted by molar-refractivity contribution is -0.0626. The standard InChI is InChI=1S/C28H35F6N3/c1-15(2)19-11-9-12-20(16(3)4)23(19)35-25(27(29,30)31)37-26(28(32,33)34)36-24-21(17(5)6)13-10-14-22(24)18(7)8/h9-18H,1-8H3,(H,35,36,37). The molecule has 2 rings (SSSR count). The van der Waals surface area contributed by atoms with Gasteiger partial charge >= 0.3 is 12.4 Å². The van der Waals surface area contributed by atoms with Crippen molar-refractivity contribution < 1.29 is 26.3 Å². The summed E-state index contributed by atoms with van der Waals surface area (Å²) in [5, 5.41) is 2.23. The van der Waals surface area contributed by atoms with Crippen molar-refractivity contribution in [3.8, 4) is 0 Å². The second kappa shape index (κ2) is 11.7. The Morgan fingerprint density at radius 1 is 0.622 bits per heavy atom. The van der Waals surface area contributed by atoms with Crippen LogP contribution < -0.4 is 5.32 Å². The highest BCUT2D eigenvalue weighted by Gasteiger charge is 2.43. The molecule has 0 radical (unpaired) electrons. The lowest BCUT2D eigenvalue weighted by atomic mass is 9.92. The van der Waals surface area contributed by atoms with Gasteiger partial charge in [-0.3, -0.25) is 0 Å². The maximum atomic E-state index is 14.2. The molecule has 0 unspecified atom stereocenters. The first-order valence-electron chi connectivity index (χ1n) is 12.3. The van der Waals surface area contributed by atoms with E-state index in [4.69, 9.17) is 0 Å². The summed E-state index contributed by atoms with van der Waals surface area (Å²) >= 11 is 0. The third-order valence-electron chi connectivity index (χ3n) is 5.92. The maximum Gasteiger partial charge on any atom is 0.451 e. The minimum atomic E-state index is -5.23. The van der Waals surface area contributed by atoms with E-state index in [1.54, 1.807) is 91.8 Å². The Morgan fingerprint density at radius 2 is 1.00 bits per heavy atom. The number of halogens is 6. The van der Waals surface area contributed by atoms with E-state index < -0.39 is 24.0 Å². The summed E-state index contributed by atoms with van der Waals surface area (Å²) in [6, 6.07) is 9.99. The average Bonchev–Trinajstić information content (AvgIpc) is 2.75. The molecule has 0 heterocycles.